The van der Waals surface area contributed by atoms with Crippen molar-refractivity contribution in [2.75, 3.05) is 13.2 Å². The van der Waals surface area contributed by atoms with Gasteiger partial charge in [-0.05, 0) is 60.4 Å². The number of rotatable bonds is 5. The molecule has 0 bridgehead atoms. The highest BCUT2D eigenvalue weighted by atomic mass is 16.5. The van der Waals surface area contributed by atoms with Gasteiger partial charge in [0.1, 0.15) is 12.4 Å². The van der Waals surface area contributed by atoms with E-state index in [4.69, 9.17) is 14.9 Å². The lowest BCUT2D eigenvalue weighted by atomic mass is 9.98. The summed E-state index contributed by atoms with van der Waals surface area (Å²) in [6, 6.07) is 10.8. The number of carboxylic acids is 1. The molecule has 2 aromatic carbocycles. The normalized spacial score (nSPS) is 10.4. The van der Waals surface area contributed by atoms with E-state index in [1.165, 1.54) is 0 Å². The third-order valence-electron chi connectivity index (χ3n) is 3.24. The molecule has 4 nitrogen and oxygen atoms in total. The van der Waals surface area contributed by atoms with Crippen LogP contribution in [0.5, 0.6) is 5.75 Å². The zero-order chi connectivity index (χ0) is 15.4. The smallest absolute Gasteiger partial charge is 0.335 e. The maximum atomic E-state index is 11.0. The molecule has 4 heteroatoms. The van der Waals surface area contributed by atoms with Crippen LogP contribution in [0.25, 0.3) is 11.1 Å². The van der Waals surface area contributed by atoms with E-state index in [-0.39, 0.29) is 18.8 Å². The van der Waals surface area contributed by atoms with Crippen molar-refractivity contribution in [3.05, 3.63) is 53.1 Å². The molecule has 0 aliphatic heterocycles. The number of ether oxygens (including phenoxy) is 1. The van der Waals surface area contributed by atoms with Gasteiger partial charge in [0, 0.05) is 0 Å². The third-order valence-corrected chi connectivity index (χ3v) is 3.24. The van der Waals surface area contributed by atoms with Crippen molar-refractivity contribution in [3.63, 3.8) is 0 Å². The Morgan fingerprint density at radius 3 is 2.33 bits per heavy atom. The number of hydrogen-bond donors (Lipinski definition) is 2. The highest BCUT2D eigenvalue weighted by Gasteiger charge is 2.09. The minimum Gasteiger partial charge on any atom is -0.491 e. The van der Waals surface area contributed by atoms with Crippen molar-refractivity contribution in [2.45, 2.75) is 13.8 Å². The number of aryl methyl sites for hydroxylation is 2. The second-order valence-electron chi connectivity index (χ2n) is 4.90. The van der Waals surface area contributed by atoms with Gasteiger partial charge in [-0.15, -0.1) is 0 Å². The van der Waals surface area contributed by atoms with Crippen LogP contribution in [0, 0.1) is 13.8 Å². The molecule has 0 unspecified atom stereocenters. The molecule has 2 N–H and O–H groups in total. The molecule has 2 aromatic rings. The fourth-order valence-corrected chi connectivity index (χ4v) is 2.32. The van der Waals surface area contributed by atoms with Crippen LogP contribution in [-0.4, -0.2) is 29.4 Å². The Morgan fingerprint density at radius 1 is 1.10 bits per heavy atom. The van der Waals surface area contributed by atoms with Gasteiger partial charge in [-0.3, -0.25) is 0 Å². The van der Waals surface area contributed by atoms with E-state index in [1.54, 1.807) is 18.2 Å². The van der Waals surface area contributed by atoms with Crippen molar-refractivity contribution in [1.29, 1.82) is 0 Å². The number of carboxylic acid groups (broad SMARTS) is 1. The van der Waals surface area contributed by atoms with Gasteiger partial charge in [0.25, 0.3) is 0 Å². The summed E-state index contributed by atoms with van der Waals surface area (Å²) in [4.78, 5) is 11.0. The Bertz CT molecular complexity index is 639. The van der Waals surface area contributed by atoms with E-state index in [1.807, 2.05) is 32.0 Å². The fraction of sp³-hybridized carbons (Fsp3) is 0.235. The number of hydrogen-bond acceptors (Lipinski definition) is 3. The first kappa shape index (κ1) is 15.1. The first-order valence-electron chi connectivity index (χ1n) is 6.71. The summed E-state index contributed by atoms with van der Waals surface area (Å²) in [6.45, 7) is 4.10. The van der Waals surface area contributed by atoms with Crippen LogP contribution < -0.4 is 4.74 Å². The van der Waals surface area contributed by atoms with E-state index in [2.05, 4.69) is 0 Å². The van der Waals surface area contributed by atoms with Crippen LogP contribution >= 0.6 is 0 Å². The molecule has 110 valence electrons. The molecule has 0 radical (unpaired) electrons. The largest absolute Gasteiger partial charge is 0.491 e. The molecule has 0 aromatic heterocycles. The molecule has 0 atom stereocenters. The highest BCUT2D eigenvalue weighted by molar-refractivity contribution is 5.89. The number of aliphatic hydroxyl groups excluding tert-OH is 1. The van der Waals surface area contributed by atoms with E-state index in [9.17, 15) is 4.79 Å². The lowest BCUT2D eigenvalue weighted by Gasteiger charge is -2.14. The van der Waals surface area contributed by atoms with Gasteiger partial charge in [-0.25, -0.2) is 4.79 Å². The van der Waals surface area contributed by atoms with Crippen LogP contribution in [0.1, 0.15) is 21.5 Å². The first-order valence-corrected chi connectivity index (χ1v) is 6.71. The third kappa shape index (κ3) is 3.41. The molecular formula is C17H18O4. The predicted molar refractivity (Wildman–Crippen MR) is 80.9 cm³/mol. The molecule has 0 amide bonds. The van der Waals surface area contributed by atoms with E-state index in [0.29, 0.717) is 0 Å². The molecule has 0 saturated heterocycles. The van der Waals surface area contributed by atoms with Gasteiger partial charge in [0.05, 0.1) is 12.2 Å². The first-order chi connectivity index (χ1) is 10.0. The van der Waals surface area contributed by atoms with Gasteiger partial charge in [0.2, 0.25) is 0 Å². The van der Waals surface area contributed by atoms with Crippen LogP contribution in [0.4, 0.5) is 0 Å². The molecule has 0 heterocycles. The molecule has 0 spiro atoms. The van der Waals surface area contributed by atoms with Gasteiger partial charge in [-0.1, -0.05) is 12.1 Å². The Hall–Kier alpha value is -2.33. The standard InChI is InChI=1S/C17H18O4/c1-11-8-15(9-12(2)16(11)21-7-6-18)13-4-3-5-14(10-13)17(19)20/h3-5,8-10,18H,6-7H2,1-2H3,(H,19,20). The Labute approximate surface area is 123 Å². The lowest BCUT2D eigenvalue weighted by Crippen LogP contribution is -2.04. The average Bonchev–Trinajstić information content (AvgIpc) is 2.46. The quantitative estimate of drug-likeness (QED) is 0.886. The van der Waals surface area contributed by atoms with Gasteiger partial charge in [0.15, 0.2) is 0 Å². The molecule has 0 aliphatic carbocycles. The highest BCUT2D eigenvalue weighted by Crippen LogP contribution is 2.30. The van der Waals surface area contributed by atoms with Crippen molar-refractivity contribution in [1.82, 2.24) is 0 Å². The summed E-state index contributed by atoms with van der Waals surface area (Å²) in [6.07, 6.45) is 0. The van der Waals surface area contributed by atoms with Crippen LogP contribution in [-0.2, 0) is 0 Å². The number of aliphatic hydroxyl groups is 1. The van der Waals surface area contributed by atoms with E-state index < -0.39 is 5.97 Å². The van der Waals surface area contributed by atoms with Crippen LogP contribution in [0.15, 0.2) is 36.4 Å². The monoisotopic (exact) mass is 286 g/mol. The number of carbonyl (C=O) groups is 1. The Kier molecular flexibility index (Phi) is 4.60. The molecule has 0 saturated carbocycles. The Balaban J connectivity index is 2.41. The molecule has 0 aliphatic rings. The SMILES string of the molecule is Cc1cc(-c2cccc(C(=O)O)c2)cc(C)c1OCCO. The minimum atomic E-state index is -0.937. The van der Waals surface area contributed by atoms with Gasteiger partial charge >= 0.3 is 5.97 Å². The maximum Gasteiger partial charge on any atom is 0.335 e. The summed E-state index contributed by atoms with van der Waals surface area (Å²) >= 11 is 0. The van der Waals surface area contributed by atoms with E-state index in [0.717, 1.165) is 28.0 Å². The predicted octanol–water partition coefficient (Wildman–Crippen LogP) is 3.04. The van der Waals surface area contributed by atoms with Crippen LogP contribution in [0.3, 0.4) is 0 Å². The summed E-state index contributed by atoms with van der Waals surface area (Å²) in [5, 5.41) is 17.9. The fourth-order valence-electron chi connectivity index (χ4n) is 2.32. The summed E-state index contributed by atoms with van der Waals surface area (Å²) in [7, 11) is 0. The van der Waals surface area contributed by atoms with Gasteiger partial charge in [-0.2, -0.15) is 0 Å². The zero-order valence-corrected chi connectivity index (χ0v) is 12.1. The molecule has 0 fully saturated rings. The summed E-state index contributed by atoms with van der Waals surface area (Å²) < 4.78 is 5.53. The van der Waals surface area contributed by atoms with Gasteiger partial charge < -0.3 is 14.9 Å². The number of benzene rings is 2. The average molecular weight is 286 g/mol. The second-order valence-corrected chi connectivity index (χ2v) is 4.90. The molecule has 21 heavy (non-hydrogen) atoms. The minimum absolute atomic E-state index is 0.0265. The molecule has 2 rings (SSSR count). The van der Waals surface area contributed by atoms with Crippen molar-refractivity contribution in [3.8, 4) is 16.9 Å². The van der Waals surface area contributed by atoms with Crippen molar-refractivity contribution < 1.29 is 19.7 Å². The van der Waals surface area contributed by atoms with E-state index >= 15 is 0 Å². The second kappa shape index (κ2) is 6.41. The molecular weight excluding hydrogens is 268 g/mol. The zero-order valence-electron chi connectivity index (χ0n) is 12.1. The van der Waals surface area contributed by atoms with Crippen LogP contribution in [0.2, 0.25) is 0 Å². The Morgan fingerprint density at radius 2 is 1.76 bits per heavy atom. The summed E-state index contributed by atoms with van der Waals surface area (Å²) in [5.41, 5.74) is 3.99. The number of aromatic carboxylic acids is 1. The maximum absolute atomic E-state index is 11.0. The van der Waals surface area contributed by atoms with Crippen molar-refractivity contribution in [2.24, 2.45) is 0 Å². The van der Waals surface area contributed by atoms with Crippen molar-refractivity contribution >= 4 is 5.97 Å². The topological polar surface area (TPSA) is 66.8 Å². The summed E-state index contributed by atoms with van der Waals surface area (Å²) in [5.74, 6) is -0.171. The lowest BCUT2D eigenvalue weighted by molar-refractivity contribution is 0.0697.